The van der Waals surface area contributed by atoms with Gasteiger partial charge in [0.1, 0.15) is 17.6 Å². The first-order chi connectivity index (χ1) is 9.61. The van der Waals surface area contributed by atoms with Crippen LogP contribution < -0.4 is 10.1 Å². The van der Waals surface area contributed by atoms with E-state index in [2.05, 4.69) is 5.32 Å². The number of benzene rings is 1. The second kappa shape index (κ2) is 6.36. The van der Waals surface area contributed by atoms with Crippen LogP contribution in [0, 0.1) is 5.82 Å². The Morgan fingerprint density at radius 3 is 3.05 bits per heavy atom. The number of halogens is 1. The Bertz CT molecular complexity index is 507. The second-order valence-corrected chi connectivity index (χ2v) is 4.55. The molecule has 2 amide bonds. The number of hydrogen-bond acceptors (Lipinski definition) is 3. The molecule has 1 N–H and O–H groups in total. The molecule has 6 heteroatoms. The van der Waals surface area contributed by atoms with Gasteiger partial charge in [-0.1, -0.05) is 13.0 Å². The Kier molecular flexibility index (Phi) is 4.55. The molecule has 0 bridgehead atoms. The normalized spacial score (nSPS) is 18.6. The van der Waals surface area contributed by atoms with Crippen LogP contribution in [0.25, 0.3) is 0 Å². The van der Waals surface area contributed by atoms with Gasteiger partial charge in [-0.25, -0.2) is 4.39 Å². The largest absolute Gasteiger partial charge is 0.484 e. The highest BCUT2D eigenvalue weighted by Gasteiger charge is 2.31. The highest BCUT2D eigenvalue weighted by Crippen LogP contribution is 2.13. The number of rotatable bonds is 4. The van der Waals surface area contributed by atoms with Crippen molar-refractivity contribution in [3.05, 3.63) is 30.1 Å². The summed E-state index contributed by atoms with van der Waals surface area (Å²) in [5.74, 6) is -0.527. The van der Waals surface area contributed by atoms with E-state index in [0.717, 1.165) is 0 Å². The SMILES string of the molecule is CCC1C(=O)NCCN1C(=O)COc1cccc(F)c1. The maximum Gasteiger partial charge on any atom is 0.261 e. The van der Waals surface area contributed by atoms with Gasteiger partial charge >= 0.3 is 0 Å². The molecule has 20 heavy (non-hydrogen) atoms. The number of ether oxygens (including phenoxy) is 1. The number of nitrogens with zero attached hydrogens (tertiary/aromatic N) is 1. The standard InChI is InChI=1S/C14H17FN2O3/c1-2-12-14(19)16-6-7-17(12)13(18)9-20-11-5-3-4-10(15)8-11/h3-5,8,12H,2,6-7,9H2,1H3,(H,16,19). The van der Waals surface area contributed by atoms with E-state index in [4.69, 9.17) is 4.74 Å². The molecule has 1 unspecified atom stereocenters. The summed E-state index contributed by atoms with van der Waals surface area (Å²) in [7, 11) is 0. The Hall–Kier alpha value is -2.11. The Morgan fingerprint density at radius 2 is 2.35 bits per heavy atom. The van der Waals surface area contributed by atoms with Crippen molar-refractivity contribution in [3.8, 4) is 5.75 Å². The summed E-state index contributed by atoms with van der Waals surface area (Å²) in [6, 6.07) is 5.16. The quantitative estimate of drug-likeness (QED) is 0.893. The van der Waals surface area contributed by atoms with E-state index in [1.165, 1.54) is 23.1 Å². The lowest BCUT2D eigenvalue weighted by Gasteiger charge is -2.34. The third-order valence-electron chi connectivity index (χ3n) is 3.20. The fourth-order valence-electron chi connectivity index (χ4n) is 2.20. The number of nitrogens with one attached hydrogen (secondary N) is 1. The molecule has 1 aliphatic heterocycles. The molecule has 0 saturated carbocycles. The van der Waals surface area contributed by atoms with Gasteiger partial charge in [0.25, 0.3) is 5.91 Å². The lowest BCUT2D eigenvalue weighted by Crippen LogP contribution is -2.57. The molecule has 5 nitrogen and oxygen atoms in total. The average molecular weight is 280 g/mol. The zero-order valence-electron chi connectivity index (χ0n) is 11.3. The Morgan fingerprint density at radius 1 is 1.55 bits per heavy atom. The molecule has 1 aromatic rings. The van der Waals surface area contributed by atoms with Crippen LogP contribution in [0.4, 0.5) is 4.39 Å². The smallest absolute Gasteiger partial charge is 0.261 e. The van der Waals surface area contributed by atoms with E-state index in [9.17, 15) is 14.0 Å². The highest BCUT2D eigenvalue weighted by atomic mass is 19.1. The zero-order chi connectivity index (χ0) is 14.5. The third kappa shape index (κ3) is 3.26. The first-order valence-electron chi connectivity index (χ1n) is 6.57. The molecule has 0 aromatic heterocycles. The summed E-state index contributed by atoms with van der Waals surface area (Å²) in [5.41, 5.74) is 0. The first-order valence-corrected chi connectivity index (χ1v) is 6.57. The molecular weight excluding hydrogens is 263 g/mol. The van der Waals surface area contributed by atoms with Crippen LogP contribution >= 0.6 is 0 Å². The predicted octanol–water partition coefficient (Wildman–Crippen LogP) is 0.941. The highest BCUT2D eigenvalue weighted by molar-refractivity contribution is 5.89. The minimum absolute atomic E-state index is 0.141. The van der Waals surface area contributed by atoms with Crippen molar-refractivity contribution in [2.75, 3.05) is 19.7 Å². The molecule has 1 aromatic carbocycles. The maximum absolute atomic E-state index is 13.0. The van der Waals surface area contributed by atoms with Gasteiger partial charge in [-0.05, 0) is 18.6 Å². The van der Waals surface area contributed by atoms with Crippen LogP contribution in [-0.2, 0) is 9.59 Å². The van der Waals surface area contributed by atoms with E-state index in [-0.39, 0.29) is 18.4 Å². The van der Waals surface area contributed by atoms with Crippen molar-refractivity contribution in [1.82, 2.24) is 10.2 Å². The molecule has 0 spiro atoms. The third-order valence-corrected chi connectivity index (χ3v) is 3.20. The Labute approximate surface area is 116 Å². The summed E-state index contributed by atoms with van der Waals surface area (Å²) in [6.45, 7) is 2.56. The van der Waals surface area contributed by atoms with Crippen molar-refractivity contribution in [2.45, 2.75) is 19.4 Å². The molecule has 1 aliphatic rings. The van der Waals surface area contributed by atoms with Crippen LogP contribution in [0.2, 0.25) is 0 Å². The van der Waals surface area contributed by atoms with Crippen molar-refractivity contribution >= 4 is 11.8 Å². The van der Waals surface area contributed by atoms with Crippen LogP contribution in [-0.4, -0.2) is 42.5 Å². The first kappa shape index (κ1) is 14.3. The van der Waals surface area contributed by atoms with Gasteiger partial charge < -0.3 is 15.0 Å². The summed E-state index contributed by atoms with van der Waals surface area (Å²) in [4.78, 5) is 25.3. The van der Waals surface area contributed by atoms with E-state index >= 15 is 0 Å². The number of carbonyl (C=O) groups excluding carboxylic acids is 2. The molecule has 108 valence electrons. The zero-order valence-corrected chi connectivity index (χ0v) is 11.3. The minimum atomic E-state index is -0.452. The van der Waals surface area contributed by atoms with E-state index in [1.54, 1.807) is 6.07 Å². The van der Waals surface area contributed by atoms with Crippen LogP contribution in [0.3, 0.4) is 0 Å². The summed E-state index contributed by atoms with van der Waals surface area (Å²) < 4.78 is 18.3. The van der Waals surface area contributed by atoms with E-state index in [1.807, 2.05) is 6.92 Å². The molecular formula is C14H17FN2O3. The van der Waals surface area contributed by atoms with Crippen molar-refractivity contribution in [1.29, 1.82) is 0 Å². The fraction of sp³-hybridized carbons (Fsp3) is 0.429. The summed E-state index contributed by atoms with van der Waals surface area (Å²) in [5, 5.41) is 2.73. The van der Waals surface area contributed by atoms with Crippen molar-refractivity contribution < 1.29 is 18.7 Å². The number of carbonyl (C=O) groups is 2. The van der Waals surface area contributed by atoms with Gasteiger partial charge in [-0.15, -0.1) is 0 Å². The van der Waals surface area contributed by atoms with Crippen LogP contribution in [0.5, 0.6) is 5.75 Å². The van der Waals surface area contributed by atoms with E-state index < -0.39 is 11.9 Å². The molecule has 0 aliphatic carbocycles. The van der Waals surface area contributed by atoms with Crippen molar-refractivity contribution in [2.24, 2.45) is 0 Å². The van der Waals surface area contributed by atoms with E-state index in [0.29, 0.717) is 25.3 Å². The predicted molar refractivity (Wildman–Crippen MR) is 70.7 cm³/mol. The molecule has 2 rings (SSSR count). The lowest BCUT2D eigenvalue weighted by molar-refractivity contribution is -0.144. The van der Waals surface area contributed by atoms with Gasteiger partial charge in [-0.2, -0.15) is 0 Å². The topological polar surface area (TPSA) is 58.6 Å². The van der Waals surface area contributed by atoms with Gasteiger partial charge in [0.05, 0.1) is 0 Å². The monoisotopic (exact) mass is 280 g/mol. The van der Waals surface area contributed by atoms with Crippen molar-refractivity contribution in [3.63, 3.8) is 0 Å². The Balaban J connectivity index is 1.95. The molecule has 1 fully saturated rings. The number of hydrogen-bond donors (Lipinski definition) is 1. The molecule has 1 atom stereocenters. The maximum atomic E-state index is 13.0. The van der Waals surface area contributed by atoms with Crippen LogP contribution in [0.15, 0.2) is 24.3 Å². The summed E-state index contributed by atoms with van der Waals surface area (Å²) in [6.07, 6.45) is 0.553. The van der Waals surface area contributed by atoms with Crippen LogP contribution in [0.1, 0.15) is 13.3 Å². The molecule has 1 heterocycles. The molecule has 0 radical (unpaired) electrons. The summed E-state index contributed by atoms with van der Waals surface area (Å²) >= 11 is 0. The van der Waals surface area contributed by atoms with Gasteiger partial charge in [0.15, 0.2) is 6.61 Å². The van der Waals surface area contributed by atoms with Gasteiger partial charge in [0, 0.05) is 19.2 Å². The second-order valence-electron chi connectivity index (χ2n) is 4.55. The minimum Gasteiger partial charge on any atom is -0.484 e. The number of piperazine rings is 1. The fourth-order valence-corrected chi connectivity index (χ4v) is 2.20. The molecule has 1 saturated heterocycles. The number of amides is 2. The van der Waals surface area contributed by atoms with Gasteiger partial charge in [-0.3, -0.25) is 9.59 Å². The lowest BCUT2D eigenvalue weighted by atomic mass is 10.1. The average Bonchev–Trinajstić information content (AvgIpc) is 2.44. The van der Waals surface area contributed by atoms with Gasteiger partial charge in [0.2, 0.25) is 5.91 Å².